The van der Waals surface area contributed by atoms with Crippen molar-refractivity contribution >= 4 is 5.96 Å². The summed E-state index contributed by atoms with van der Waals surface area (Å²) < 4.78 is 5.61. The van der Waals surface area contributed by atoms with E-state index < -0.39 is 0 Å². The third-order valence-electron chi connectivity index (χ3n) is 4.56. The first kappa shape index (κ1) is 16.6. The minimum atomic E-state index is 0.360. The van der Waals surface area contributed by atoms with E-state index in [-0.39, 0.29) is 0 Å². The van der Waals surface area contributed by atoms with Crippen molar-refractivity contribution < 1.29 is 4.74 Å². The molecule has 2 aliphatic rings. The van der Waals surface area contributed by atoms with Gasteiger partial charge < -0.3 is 20.3 Å². The van der Waals surface area contributed by atoms with Crippen LogP contribution in [0.15, 0.2) is 4.99 Å². The molecule has 2 heterocycles. The average molecular weight is 296 g/mol. The zero-order valence-corrected chi connectivity index (χ0v) is 13.7. The highest BCUT2D eigenvalue weighted by atomic mass is 16.5. The molecule has 0 saturated carbocycles. The molecule has 2 aliphatic heterocycles. The Balaban J connectivity index is 1.51. The molecule has 0 aromatic rings. The Hall–Kier alpha value is -0.810. The van der Waals surface area contributed by atoms with Crippen molar-refractivity contribution in [3.05, 3.63) is 0 Å². The molecule has 2 rings (SSSR count). The predicted octanol–water partition coefficient (Wildman–Crippen LogP) is 1.45. The fraction of sp³-hybridized carbons (Fsp3) is 0.938. The van der Waals surface area contributed by atoms with Crippen molar-refractivity contribution in [3.63, 3.8) is 0 Å². The van der Waals surface area contributed by atoms with E-state index in [2.05, 4.69) is 27.4 Å². The molecule has 5 heteroatoms. The number of rotatable bonds is 6. The Morgan fingerprint density at radius 1 is 1.24 bits per heavy atom. The molecule has 122 valence electrons. The summed E-state index contributed by atoms with van der Waals surface area (Å²) in [6, 6.07) is 0. The van der Waals surface area contributed by atoms with Crippen LogP contribution in [0.5, 0.6) is 0 Å². The summed E-state index contributed by atoms with van der Waals surface area (Å²) >= 11 is 0. The molecule has 2 saturated heterocycles. The van der Waals surface area contributed by atoms with E-state index in [1.54, 1.807) is 0 Å². The molecule has 0 aromatic heterocycles. The van der Waals surface area contributed by atoms with E-state index in [4.69, 9.17) is 4.74 Å². The fourth-order valence-corrected chi connectivity index (χ4v) is 3.03. The second-order valence-electron chi connectivity index (χ2n) is 6.39. The van der Waals surface area contributed by atoms with Crippen LogP contribution in [0.3, 0.4) is 0 Å². The van der Waals surface area contributed by atoms with Crippen molar-refractivity contribution in [1.82, 2.24) is 15.5 Å². The van der Waals surface area contributed by atoms with E-state index in [9.17, 15) is 0 Å². The van der Waals surface area contributed by atoms with Crippen LogP contribution in [0.2, 0.25) is 0 Å². The molecular formula is C16H32N4O. The van der Waals surface area contributed by atoms with Gasteiger partial charge in [0.1, 0.15) is 0 Å². The molecule has 0 bridgehead atoms. The van der Waals surface area contributed by atoms with Gasteiger partial charge in [-0.15, -0.1) is 0 Å². The Bertz CT molecular complexity index is 307. The van der Waals surface area contributed by atoms with E-state index in [0.29, 0.717) is 6.10 Å². The summed E-state index contributed by atoms with van der Waals surface area (Å²) in [7, 11) is 1.83. The summed E-state index contributed by atoms with van der Waals surface area (Å²) in [5, 5.41) is 6.75. The highest BCUT2D eigenvalue weighted by molar-refractivity contribution is 5.79. The summed E-state index contributed by atoms with van der Waals surface area (Å²) in [4.78, 5) is 6.86. The minimum absolute atomic E-state index is 0.360. The van der Waals surface area contributed by atoms with Gasteiger partial charge in [0.25, 0.3) is 0 Å². The zero-order chi connectivity index (χ0) is 14.9. The summed E-state index contributed by atoms with van der Waals surface area (Å²) in [5.74, 6) is 1.82. The van der Waals surface area contributed by atoms with E-state index in [1.165, 1.54) is 45.3 Å². The minimum Gasteiger partial charge on any atom is -0.376 e. The van der Waals surface area contributed by atoms with Crippen LogP contribution >= 0.6 is 0 Å². The molecule has 5 nitrogen and oxygen atoms in total. The van der Waals surface area contributed by atoms with Crippen LogP contribution in [-0.2, 0) is 4.74 Å². The first-order chi connectivity index (χ1) is 10.3. The molecular weight excluding hydrogens is 264 g/mol. The number of nitrogens with one attached hydrogen (secondary N) is 2. The normalized spacial score (nSPS) is 25.2. The number of hydrogen-bond donors (Lipinski definition) is 2. The lowest BCUT2D eigenvalue weighted by atomic mass is 9.99. The number of hydrogen-bond acceptors (Lipinski definition) is 3. The van der Waals surface area contributed by atoms with Gasteiger partial charge in [-0.3, -0.25) is 4.99 Å². The molecule has 1 unspecified atom stereocenters. The fourth-order valence-electron chi connectivity index (χ4n) is 3.03. The third-order valence-corrected chi connectivity index (χ3v) is 4.56. The second kappa shape index (κ2) is 9.26. The van der Waals surface area contributed by atoms with Crippen LogP contribution in [0, 0.1) is 5.92 Å². The van der Waals surface area contributed by atoms with Crippen LogP contribution < -0.4 is 10.6 Å². The maximum absolute atomic E-state index is 5.61. The van der Waals surface area contributed by atoms with Gasteiger partial charge in [0.2, 0.25) is 0 Å². The number of likely N-dealkylation sites (tertiary alicyclic amines) is 1. The van der Waals surface area contributed by atoms with Crippen molar-refractivity contribution in [1.29, 1.82) is 0 Å². The first-order valence-electron chi connectivity index (χ1n) is 8.56. The van der Waals surface area contributed by atoms with Gasteiger partial charge in [-0.1, -0.05) is 6.92 Å². The van der Waals surface area contributed by atoms with Crippen molar-refractivity contribution in [2.75, 3.05) is 46.4 Å². The van der Waals surface area contributed by atoms with Crippen molar-refractivity contribution in [2.45, 2.75) is 45.1 Å². The van der Waals surface area contributed by atoms with Gasteiger partial charge >= 0.3 is 0 Å². The van der Waals surface area contributed by atoms with Crippen molar-refractivity contribution in [2.24, 2.45) is 10.9 Å². The molecule has 21 heavy (non-hydrogen) atoms. The van der Waals surface area contributed by atoms with E-state index in [0.717, 1.165) is 38.0 Å². The molecule has 0 aliphatic carbocycles. The van der Waals surface area contributed by atoms with Gasteiger partial charge in [0.15, 0.2) is 5.96 Å². The largest absolute Gasteiger partial charge is 0.376 e. The monoisotopic (exact) mass is 296 g/mol. The molecule has 1 atom stereocenters. The number of ether oxygens (including phenoxy) is 1. The Labute approximate surface area is 129 Å². The highest BCUT2D eigenvalue weighted by Gasteiger charge is 2.16. The first-order valence-corrected chi connectivity index (χ1v) is 8.56. The van der Waals surface area contributed by atoms with E-state index in [1.807, 2.05) is 7.05 Å². The molecule has 0 radical (unpaired) electrons. The van der Waals surface area contributed by atoms with Crippen LogP contribution in [-0.4, -0.2) is 63.3 Å². The molecule has 0 aromatic carbocycles. The number of guanidine groups is 1. The summed E-state index contributed by atoms with van der Waals surface area (Å²) in [5.41, 5.74) is 0. The molecule has 0 amide bonds. The van der Waals surface area contributed by atoms with E-state index >= 15 is 0 Å². The average Bonchev–Trinajstić information content (AvgIpc) is 3.02. The Morgan fingerprint density at radius 2 is 2.05 bits per heavy atom. The van der Waals surface area contributed by atoms with Crippen LogP contribution in [0.25, 0.3) is 0 Å². The summed E-state index contributed by atoms with van der Waals surface area (Å²) in [6.07, 6.45) is 6.61. The SMILES string of the molecule is CN=C(NCCCN1CCC(C)CC1)NCC1CCCO1. The maximum atomic E-state index is 5.61. The Kier molecular flexibility index (Phi) is 7.30. The molecule has 0 spiro atoms. The maximum Gasteiger partial charge on any atom is 0.191 e. The quantitative estimate of drug-likeness (QED) is 0.442. The zero-order valence-electron chi connectivity index (χ0n) is 13.7. The lowest BCUT2D eigenvalue weighted by Gasteiger charge is -2.30. The predicted molar refractivity (Wildman–Crippen MR) is 87.8 cm³/mol. The standard InChI is InChI=1S/C16H32N4O/c1-14-6-10-20(11-7-14)9-4-8-18-16(17-2)19-13-15-5-3-12-21-15/h14-15H,3-13H2,1-2H3,(H2,17,18,19). The number of nitrogens with zero attached hydrogens (tertiary/aromatic N) is 2. The van der Waals surface area contributed by atoms with Gasteiger partial charge in [-0.05, 0) is 57.7 Å². The summed E-state index contributed by atoms with van der Waals surface area (Å²) in [6.45, 7) is 8.86. The lowest BCUT2D eigenvalue weighted by Crippen LogP contribution is -2.42. The van der Waals surface area contributed by atoms with Gasteiger partial charge in [-0.25, -0.2) is 0 Å². The van der Waals surface area contributed by atoms with Crippen molar-refractivity contribution in [3.8, 4) is 0 Å². The Morgan fingerprint density at radius 3 is 2.71 bits per heavy atom. The van der Waals surface area contributed by atoms with Crippen LogP contribution in [0.1, 0.15) is 39.0 Å². The second-order valence-corrected chi connectivity index (χ2v) is 6.39. The lowest BCUT2D eigenvalue weighted by molar-refractivity contribution is 0.114. The number of piperidine rings is 1. The van der Waals surface area contributed by atoms with Gasteiger partial charge in [-0.2, -0.15) is 0 Å². The molecule has 2 N–H and O–H groups in total. The van der Waals surface area contributed by atoms with Gasteiger partial charge in [0, 0.05) is 26.7 Å². The third kappa shape index (κ3) is 6.22. The van der Waals surface area contributed by atoms with Crippen LogP contribution in [0.4, 0.5) is 0 Å². The topological polar surface area (TPSA) is 48.9 Å². The number of aliphatic imine (C=N–C) groups is 1. The van der Waals surface area contributed by atoms with Gasteiger partial charge in [0.05, 0.1) is 6.10 Å². The highest BCUT2D eigenvalue weighted by Crippen LogP contribution is 2.15. The molecule has 2 fully saturated rings. The smallest absolute Gasteiger partial charge is 0.191 e.